The predicted molar refractivity (Wildman–Crippen MR) is 84.0 cm³/mol. The molecule has 108 valence electrons. The molecule has 0 amide bonds. The largest absolute Gasteiger partial charge is 0.477 e. The Hall–Kier alpha value is -1.24. The molecular weight excluding hydrogens is 294 g/mol. The van der Waals surface area contributed by atoms with Crippen LogP contribution in [-0.2, 0) is 17.3 Å². The zero-order chi connectivity index (χ0) is 14.7. The molecule has 1 aromatic heterocycles. The zero-order valence-electron chi connectivity index (χ0n) is 11.4. The van der Waals surface area contributed by atoms with Gasteiger partial charge in [0, 0.05) is 40.1 Å². The molecule has 0 saturated carbocycles. The molecule has 0 aliphatic carbocycles. The monoisotopic (exact) mass is 311 g/mol. The van der Waals surface area contributed by atoms with Gasteiger partial charge in [0.2, 0.25) is 0 Å². The predicted octanol–water partition coefficient (Wildman–Crippen LogP) is 2.46. The number of carbonyl (C=O) groups is 1. The number of carboxylic acid groups (broad SMARTS) is 1. The van der Waals surface area contributed by atoms with E-state index in [1.54, 1.807) is 6.26 Å². The normalized spacial score (nSPS) is 14.3. The van der Waals surface area contributed by atoms with E-state index in [-0.39, 0.29) is 6.04 Å². The van der Waals surface area contributed by atoms with Gasteiger partial charge in [-0.05, 0) is 23.9 Å². The second-order valence-corrected chi connectivity index (χ2v) is 7.26. The molecule has 2 aromatic rings. The van der Waals surface area contributed by atoms with Crippen molar-refractivity contribution in [1.29, 1.82) is 0 Å². The summed E-state index contributed by atoms with van der Waals surface area (Å²) in [5, 5.41) is 13.5. The fourth-order valence-corrected chi connectivity index (χ4v) is 4.02. The fraction of sp³-hybridized carbons (Fsp3) is 0.357. The van der Waals surface area contributed by atoms with Crippen molar-refractivity contribution in [2.45, 2.75) is 19.5 Å². The number of thiophene rings is 1. The van der Waals surface area contributed by atoms with Crippen LogP contribution in [0.5, 0.6) is 0 Å². The van der Waals surface area contributed by atoms with Gasteiger partial charge in [0.05, 0.1) is 0 Å². The minimum absolute atomic E-state index is 0.0844. The molecule has 6 heteroatoms. The minimum atomic E-state index is -0.894. The number of benzene rings is 1. The molecule has 4 nitrogen and oxygen atoms in total. The minimum Gasteiger partial charge on any atom is -0.477 e. The van der Waals surface area contributed by atoms with Gasteiger partial charge in [-0.15, -0.1) is 11.3 Å². The summed E-state index contributed by atoms with van der Waals surface area (Å²) < 4.78 is 12.2. The number of carboxylic acids is 1. The summed E-state index contributed by atoms with van der Waals surface area (Å²) in [6, 6.07) is 7.78. The van der Waals surface area contributed by atoms with Crippen LogP contribution in [0, 0.1) is 0 Å². The van der Waals surface area contributed by atoms with Gasteiger partial charge in [-0.2, -0.15) is 0 Å². The Kier molecular flexibility index (Phi) is 4.91. The zero-order valence-corrected chi connectivity index (χ0v) is 13.0. The third-order valence-corrected chi connectivity index (χ3v) is 5.18. The maximum absolute atomic E-state index is 11.3. The number of hydrogen-bond donors (Lipinski definition) is 2. The maximum Gasteiger partial charge on any atom is 0.346 e. The molecule has 0 spiro atoms. The van der Waals surface area contributed by atoms with Crippen LogP contribution in [0.15, 0.2) is 24.3 Å². The summed E-state index contributed by atoms with van der Waals surface area (Å²) in [7, 11) is -0.861. The lowest BCUT2D eigenvalue weighted by atomic mass is 10.1. The molecule has 1 heterocycles. The number of aromatic carboxylic acids is 1. The molecule has 0 radical (unpaired) electrons. The molecule has 0 aliphatic heterocycles. The second kappa shape index (κ2) is 6.47. The lowest BCUT2D eigenvalue weighted by Crippen LogP contribution is -2.30. The van der Waals surface area contributed by atoms with E-state index >= 15 is 0 Å². The molecule has 0 saturated heterocycles. The Morgan fingerprint density at radius 3 is 2.80 bits per heavy atom. The SMILES string of the molecule is CC(CS(C)=O)NCc1c(C(=O)O)sc2ccccc12. The van der Waals surface area contributed by atoms with Crippen LogP contribution in [0.25, 0.3) is 10.1 Å². The van der Waals surface area contributed by atoms with Crippen LogP contribution in [0.1, 0.15) is 22.2 Å². The van der Waals surface area contributed by atoms with Crippen molar-refractivity contribution < 1.29 is 14.1 Å². The molecule has 2 rings (SSSR count). The van der Waals surface area contributed by atoms with Gasteiger partial charge in [0.1, 0.15) is 4.88 Å². The van der Waals surface area contributed by atoms with Gasteiger partial charge in [-0.25, -0.2) is 4.79 Å². The first-order valence-corrected chi connectivity index (χ1v) is 8.80. The highest BCUT2D eigenvalue weighted by Crippen LogP contribution is 2.31. The Balaban J connectivity index is 2.25. The molecule has 2 N–H and O–H groups in total. The third-order valence-electron chi connectivity index (χ3n) is 3.00. The first-order chi connectivity index (χ1) is 9.49. The average molecular weight is 311 g/mol. The van der Waals surface area contributed by atoms with E-state index in [1.165, 1.54) is 11.3 Å². The molecule has 0 aliphatic rings. The van der Waals surface area contributed by atoms with E-state index in [1.807, 2.05) is 31.2 Å². The van der Waals surface area contributed by atoms with E-state index in [4.69, 9.17) is 0 Å². The number of hydrogen-bond acceptors (Lipinski definition) is 4. The highest BCUT2D eigenvalue weighted by atomic mass is 32.2. The van der Waals surface area contributed by atoms with Crippen LogP contribution < -0.4 is 5.32 Å². The van der Waals surface area contributed by atoms with Gasteiger partial charge in [-0.3, -0.25) is 4.21 Å². The van der Waals surface area contributed by atoms with E-state index < -0.39 is 16.8 Å². The average Bonchev–Trinajstić information content (AvgIpc) is 2.74. The van der Waals surface area contributed by atoms with Crippen LogP contribution >= 0.6 is 11.3 Å². The topological polar surface area (TPSA) is 66.4 Å². The highest BCUT2D eigenvalue weighted by molar-refractivity contribution is 7.84. The fourth-order valence-electron chi connectivity index (χ4n) is 2.13. The van der Waals surface area contributed by atoms with Crippen molar-refractivity contribution in [3.05, 3.63) is 34.7 Å². The Bertz CT molecular complexity index is 651. The molecule has 2 unspecified atom stereocenters. The summed E-state index contributed by atoms with van der Waals surface area (Å²) in [5.41, 5.74) is 0.812. The smallest absolute Gasteiger partial charge is 0.346 e. The molecule has 0 bridgehead atoms. The third kappa shape index (κ3) is 3.45. The second-order valence-electron chi connectivity index (χ2n) is 4.73. The molecule has 0 fully saturated rings. The Labute approximate surface area is 124 Å². The molecule has 20 heavy (non-hydrogen) atoms. The lowest BCUT2D eigenvalue weighted by molar-refractivity contribution is 0.0701. The standard InChI is InChI=1S/C14H17NO3S2/c1-9(8-20(2)18)15-7-11-10-5-3-4-6-12(10)19-13(11)14(16)17/h3-6,9,15H,7-8H2,1-2H3,(H,16,17). The van der Waals surface area contributed by atoms with Gasteiger partial charge < -0.3 is 10.4 Å². The summed E-state index contributed by atoms with van der Waals surface area (Å²) in [5.74, 6) is -0.334. The summed E-state index contributed by atoms with van der Waals surface area (Å²) in [4.78, 5) is 11.7. The van der Waals surface area contributed by atoms with Crippen LogP contribution in [0.3, 0.4) is 0 Å². The Morgan fingerprint density at radius 2 is 2.15 bits per heavy atom. The Morgan fingerprint density at radius 1 is 1.45 bits per heavy atom. The molecule has 2 atom stereocenters. The van der Waals surface area contributed by atoms with Gasteiger partial charge in [0.25, 0.3) is 0 Å². The summed E-state index contributed by atoms with van der Waals surface area (Å²) in [6.45, 7) is 2.43. The number of fused-ring (bicyclic) bond motifs is 1. The lowest BCUT2D eigenvalue weighted by Gasteiger charge is -2.12. The number of rotatable bonds is 6. The van der Waals surface area contributed by atoms with E-state index in [9.17, 15) is 14.1 Å². The van der Waals surface area contributed by atoms with Crippen molar-refractivity contribution in [2.75, 3.05) is 12.0 Å². The highest BCUT2D eigenvalue weighted by Gasteiger charge is 2.17. The van der Waals surface area contributed by atoms with Crippen molar-refractivity contribution in [1.82, 2.24) is 5.32 Å². The van der Waals surface area contributed by atoms with Gasteiger partial charge in [-0.1, -0.05) is 18.2 Å². The van der Waals surface area contributed by atoms with Gasteiger partial charge in [0.15, 0.2) is 0 Å². The van der Waals surface area contributed by atoms with E-state index in [2.05, 4.69) is 5.32 Å². The number of nitrogens with one attached hydrogen (secondary N) is 1. The van der Waals surface area contributed by atoms with Gasteiger partial charge >= 0.3 is 5.97 Å². The van der Waals surface area contributed by atoms with E-state index in [0.29, 0.717) is 17.2 Å². The van der Waals surface area contributed by atoms with Crippen LogP contribution in [0.4, 0.5) is 0 Å². The van der Waals surface area contributed by atoms with Crippen molar-refractivity contribution in [3.8, 4) is 0 Å². The van der Waals surface area contributed by atoms with E-state index in [0.717, 1.165) is 15.6 Å². The molecular formula is C14H17NO3S2. The summed E-state index contributed by atoms with van der Waals surface area (Å²) >= 11 is 1.30. The van der Waals surface area contributed by atoms with Crippen LogP contribution in [0.2, 0.25) is 0 Å². The van der Waals surface area contributed by atoms with Crippen molar-refractivity contribution in [2.24, 2.45) is 0 Å². The first kappa shape index (κ1) is 15.2. The first-order valence-electron chi connectivity index (χ1n) is 6.26. The maximum atomic E-state index is 11.3. The van der Waals surface area contributed by atoms with Crippen molar-refractivity contribution in [3.63, 3.8) is 0 Å². The molecule has 1 aromatic carbocycles. The van der Waals surface area contributed by atoms with Crippen molar-refractivity contribution >= 4 is 38.2 Å². The quantitative estimate of drug-likeness (QED) is 0.860. The summed E-state index contributed by atoms with van der Waals surface area (Å²) in [6.07, 6.45) is 1.67. The van der Waals surface area contributed by atoms with Crippen LogP contribution in [-0.4, -0.2) is 33.3 Å².